The Bertz CT molecular complexity index is 1540. The molecule has 2 amide bonds. The third-order valence-corrected chi connectivity index (χ3v) is 9.09. The zero-order valence-corrected chi connectivity index (χ0v) is 23.8. The monoisotopic (exact) mass is 549 g/mol. The van der Waals surface area contributed by atoms with Gasteiger partial charge in [-0.1, -0.05) is 72.8 Å². The van der Waals surface area contributed by atoms with Gasteiger partial charge in [0, 0.05) is 30.7 Å². The Hall–Kier alpha value is -3.94. The highest BCUT2D eigenvalue weighted by atomic mass is 16.2. The number of carbonyl (C=O) groups excluding carboxylic acids is 2. The van der Waals surface area contributed by atoms with E-state index in [0.717, 1.165) is 54.3 Å². The number of aromatic nitrogens is 1. The topological polar surface area (TPSA) is 103 Å². The lowest BCUT2D eigenvalue weighted by Gasteiger charge is -2.47. The number of primary amides is 1. The fourth-order valence-electron chi connectivity index (χ4n) is 7.10. The van der Waals surface area contributed by atoms with Crippen LogP contribution in [0.4, 0.5) is 0 Å². The van der Waals surface area contributed by atoms with Crippen molar-refractivity contribution in [3.8, 4) is 11.1 Å². The van der Waals surface area contributed by atoms with Crippen LogP contribution in [0.2, 0.25) is 0 Å². The quantitative estimate of drug-likeness (QED) is 0.252. The van der Waals surface area contributed by atoms with Crippen molar-refractivity contribution in [2.24, 2.45) is 17.6 Å². The van der Waals surface area contributed by atoms with Gasteiger partial charge in [0.05, 0.1) is 6.04 Å². The highest BCUT2D eigenvalue weighted by Gasteiger charge is 2.54. The summed E-state index contributed by atoms with van der Waals surface area (Å²) in [5.74, 6) is -0.0366. The van der Waals surface area contributed by atoms with Crippen molar-refractivity contribution in [1.82, 2.24) is 20.7 Å². The van der Waals surface area contributed by atoms with E-state index in [-0.39, 0.29) is 11.8 Å². The summed E-state index contributed by atoms with van der Waals surface area (Å²) in [6.07, 6.45) is 5.26. The van der Waals surface area contributed by atoms with Crippen LogP contribution in [0.15, 0.2) is 78.9 Å². The Labute approximate surface area is 241 Å². The van der Waals surface area contributed by atoms with Crippen LogP contribution in [0.5, 0.6) is 0 Å². The van der Waals surface area contributed by atoms with E-state index in [2.05, 4.69) is 70.3 Å². The molecule has 3 aromatic carbocycles. The molecule has 7 heteroatoms. The molecule has 0 unspecified atom stereocenters. The van der Waals surface area contributed by atoms with E-state index in [0.29, 0.717) is 12.3 Å². The summed E-state index contributed by atoms with van der Waals surface area (Å²) in [6, 6.07) is 26.8. The molecule has 6 rings (SSSR count). The molecule has 0 radical (unpaired) electrons. The fourth-order valence-corrected chi connectivity index (χ4v) is 7.10. The number of rotatable bonds is 7. The van der Waals surface area contributed by atoms with E-state index in [9.17, 15) is 9.59 Å². The molecule has 2 aliphatic rings. The molecule has 1 saturated carbocycles. The normalized spacial score (nSPS) is 24.2. The van der Waals surface area contributed by atoms with Gasteiger partial charge in [-0.3, -0.25) is 20.3 Å². The van der Waals surface area contributed by atoms with Crippen LogP contribution in [-0.4, -0.2) is 41.9 Å². The predicted octanol–water partition coefficient (Wildman–Crippen LogP) is 4.67. The zero-order valence-electron chi connectivity index (χ0n) is 23.8. The number of hydrazine groups is 1. The van der Waals surface area contributed by atoms with Crippen molar-refractivity contribution in [2.45, 2.75) is 50.1 Å². The van der Waals surface area contributed by atoms with Gasteiger partial charge in [-0.05, 0) is 78.7 Å². The zero-order chi connectivity index (χ0) is 28.6. The molecular weight excluding hydrogens is 510 g/mol. The van der Waals surface area contributed by atoms with Gasteiger partial charge in [0.25, 0.3) is 5.91 Å². The summed E-state index contributed by atoms with van der Waals surface area (Å²) in [4.78, 5) is 30.4. The van der Waals surface area contributed by atoms with Gasteiger partial charge in [-0.25, -0.2) is 5.01 Å². The number of aromatic amines is 1. The van der Waals surface area contributed by atoms with Crippen LogP contribution in [-0.2, 0) is 28.0 Å². The first-order valence-corrected chi connectivity index (χ1v) is 14.6. The second-order valence-electron chi connectivity index (χ2n) is 12.0. The van der Waals surface area contributed by atoms with Crippen molar-refractivity contribution in [1.29, 1.82) is 0 Å². The predicted molar refractivity (Wildman–Crippen MR) is 163 cm³/mol. The molecule has 0 spiro atoms. The van der Waals surface area contributed by atoms with Crippen molar-refractivity contribution in [3.05, 3.63) is 95.7 Å². The second kappa shape index (κ2) is 11.1. The van der Waals surface area contributed by atoms with Crippen molar-refractivity contribution in [3.63, 3.8) is 0 Å². The van der Waals surface area contributed by atoms with Gasteiger partial charge in [0.15, 0.2) is 0 Å². The maximum atomic E-state index is 14.2. The number of amides is 2. The Morgan fingerprint density at radius 3 is 2.24 bits per heavy atom. The van der Waals surface area contributed by atoms with Crippen LogP contribution in [0.3, 0.4) is 0 Å². The summed E-state index contributed by atoms with van der Waals surface area (Å²) in [5.41, 5.74) is 14.5. The van der Waals surface area contributed by atoms with Crippen LogP contribution >= 0.6 is 0 Å². The maximum Gasteiger partial charge on any atom is 0.261 e. The van der Waals surface area contributed by atoms with Gasteiger partial charge in [0.2, 0.25) is 5.91 Å². The first-order valence-electron chi connectivity index (χ1n) is 14.6. The van der Waals surface area contributed by atoms with Crippen molar-refractivity contribution < 1.29 is 9.59 Å². The number of carbonyl (C=O) groups is 2. The lowest BCUT2D eigenvalue weighted by atomic mass is 9.66. The summed E-state index contributed by atoms with van der Waals surface area (Å²) in [5, 5.41) is 6.22. The molecule has 2 heterocycles. The minimum absolute atomic E-state index is 0.00752. The van der Waals surface area contributed by atoms with E-state index in [1.54, 1.807) is 5.01 Å². The third-order valence-electron chi connectivity index (χ3n) is 9.09. The van der Waals surface area contributed by atoms with Gasteiger partial charge in [-0.15, -0.1) is 0 Å². The number of nitrogens with zero attached hydrogens (tertiary/aromatic N) is 1. The number of fused-ring (bicyclic) bond motifs is 3. The average Bonchev–Trinajstić information content (AvgIpc) is 3.37. The molecule has 0 bridgehead atoms. The number of H-pyrrole nitrogens is 1. The van der Waals surface area contributed by atoms with Crippen molar-refractivity contribution in [2.75, 3.05) is 14.1 Å². The van der Waals surface area contributed by atoms with Gasteiger partial charge >= 0.3 is 0 Å². The number of para-hydroxylation sites is 1. The van der Waals surface area contributed by atoms with E-state index in [1.165, 1.54) is 16.7 Å². The molecule has 1 fully saturated rings. The summed E-state index contributed by atoms with van der Waals surface area (Å²) in [6.45, 7) is 0. The summed E-state index contributed by atoms with van der Waals surface area (Å²) in [7, 11) is 3.62. The number of nitrogens with two attached hydrogens (primary N) is 1. The highest BCUT2D eigenvalue weighted by Crippen LogP contribution is 2.46. The van der Waals surface area contributed by atoms with Gasteiger partial charge < -0.3 is 10.7 Å². The molecule has 4 aromatic rings. The molecule has 1 aliphatic carbocycles. The molecule has 41 heavy (non-hydrogen) atoms. The molecule has 7 nitrogen and oxygen atoms in total. The number of hydrogen-bond acceptors (Lipinski definition) is 4. The Morgan fingerprint density at radius 2 is 1.56 bits per heavy atom. The summed E-state index contributed by atoms with van der Waals surface area (Å²) >= 11 is 0. The van der Waals surface area contributed by atoms with E-state index < -0.39 is 17.5 Å². The van der Waals surface area contributed by atoms with Crippen LogP contribution < -0.4 is 16.5 Å². The van der Waals surface area contributed by atoms with Gasteiger partial charge in [0.1, 0.15) is 5.54 Å². The Kier molecular flexibility index (Phi) is 7.41. The largest absolute Gasteiger partial charge is 0.368 e. The average molecular weight is 550 g/mol. The van der Waals surface area contributed by atoms with Crippen LogP contribution in [0, 0.1) is 11.8 Å². The Morgan fingerprint density at radius 1 is 0.902 bits per heavy atom. The number of nitrogens with one attached hydrogen (secondary N) is 3. The second-order valence-corrected chi connectivity index (χ2v) is 12.0. The van der Waals surface area contributed by atoms with E-state index in [4.69, 9.17) is 5.73 Å². The summed E-state index contributed by atoms with van der Waals surface area (Å²) < 4.78 is 0. The molecule has 1 aliphatic heterocycles. The molecule has 2 atom stereocenters. The SMILES string of the molecule is CN(C)NC(=O)[C@]1(C2CCC(Cc3ccc(-c4ccccc4)cc3)CC2)N[C@@H](C(N)=O)Cc2c1[nH]c1ccccc21. The van der Waals surface area contributed by atoms with Crippen LogP contribution in [0.25, 0.3) is 22.0 Å². The minimum atomic E-state index is -1.08. The molecule has 1 aromatic heterocycles. The standard InChI is InChI=1S/C34H39N5O2/c1-39(2)38-33(41)34(31-28(21-30(37-34)32(35)40)27-10-6-7-11-29(27)36-31)26-18-14-23(15-19-26)20-22-12-16-25(17-13-22)24-8-4-3-5-9-24/h3-13,16-17,23,26,30,36-37H,14-15,18-21H2,1-2H3,(H2,35,40)(H,38,41)/t23?,26?,30-,34-/m1/s1. The first kappa shape index (κ1) is 27.2. The molecule has 212 valence electrons. The molecule has 0 saturated heterocycles. The van der Waals surface area contributed by atoms with E-state index >= 15 is 0 Å². The lowest BCUT2D eigenvalue weighted by Crippen LogP contribution is -2.67. The third kappa shape index (κ3) is 5.16. The number of benzene rings is 3. The lowest BCUT2D eigenvalue weighted by molar-refractivity contribution is -0.137. The van der Waals surface area contributed by atoms with Gasteiger partial charge in [-0.2, -0.15) is 0 Å². The minimum Gasteiger partial charge on any atom is -0.368 e. The molecular formula is C34H39N5O2. The fraction of sp³-hybridized carbons (Fsp3) is 0.353. The first-order chi connectivity index (χ1) is 19.8. The smallest absolute Gasteiger partial charge is 0.261 e. The Balaban J connectivity index is 1.27. The highest BCUT2D eigenvalue weighted by molar-refractivity contribution is 5.95. The maximum absolute atomic E-state index is 14.2. The van der Waals surface area contributed by atoms with Crippen LogP contribution in [0.1, 0.15) is 42.5 Å². The van der Waals surface area contributed by atoms with Crippen molar-refractivity contribution >= 4 is 22.7 Å². The molecule has 5 N–H and O–H groups in total. The van der Waals surface area contributed by atoms with E-state index in [1.807, 2.05) is 38.4 Å². The number of hydrogen-bond donors (Lipinski definition) is 4.